The molecule has 5 nitrogen and oxygen atoms in total. The van der Waals surface area contributed by atoms with Gasteiger partial charge in [-0.15, -0.1) is 11.3 Å². The Morgan fingerprint density at radius 2 is 2.25 bits per heavy atom. The molecule has 0 saturated carbocycles. The zero-order chi connectivity index (χ0) is 14.4. The average molecular weight is 288 g/mol. The highest BCUT2D eigenvalue weighted by atomic mass is 32.1. The Morgan fingerprint density at radius 1 is 1.40 bits per heavy atom. The number of nitrogens with zero attached hydrogens (tertiary/aromatic N) is 1. The van der Waals surface area contributed by atoms with Crippen molar-refractivity contribution in [1.29, 1.82) is 0 Å². The Balaban J connectivity index is 2.00. The van der Waals surface area contributed by atoms with E-state index in [1.165, 1.54) is 24.3 Å². The molecular formula is C14H12N2O3S. The van der Waals surface area contributed by atoms with Crippen LogP contribution in [0.5, 0.6) is 5.75 Å². The lowest BCUT2D eigenvalue weighted by Crippen LogP contribution is -2.07. The summed E-state index contributed by atoms with van der Waals surface area (Å²) in [6.45, 7) is 1.34. The summed E-state index contributed by atoms with van der Waals surface area (Å²) in [5, 5.41) is 4.96. The Hall–Kier alpha value is -2.47. The predicted octanol–water partition coefficient (Wildman–Crippen LogP) is 2.72. The first-order valence-electron chi connectivity index (χ1n) is 5.80. The van der Waals surface area contributed by atoms with Crippen LogP contribution in [0.15, 0.2) is 41.9 Å². The van der Waals surface area contributed by atoms with E-state index in [9.17, 15) is 9.59 Å². The molecule has 0 aliphatic rings. The molecule has 20 heavy (non-hydrogen) atoms. The second kappa shape index (κ2) is 6.63. The van der Waals surface area contributed by atoms with Crippen molar-refractivity contribution in [2.24, 2.45) is 0 Å². The fraction of sp³-hybridized carbons (Fsp3) is 0.0714. The van der Waals surface area contributed by atoms with Gasteiger partial charge in [0.25, 0.3) is 0 Å². The van der Waals surface area contributed by atoms with Gasteiger partial charge in [0.1, 0.15) is 5.75 Å². The molecule has 6 heteroatoms. The third-order valence-electron chi connectivity index (χ3n) is 2.21. The van der Waals surface area contributed by atoms with Gasteiger partial charge in [0.05, 0.1) is 0 Å². The average Bonchev–Trinajstić information content (AvgIpc) is 2.89. The summed E-state index contributed by atoms with van der Waals surface area (Å²) in [6.07, 6.45) is 4.65. The molecule has 1 heterocycles. The van der Waals surface area contributed by atoms with E-state index in [1.807, 2.05) is 0 Å². The number of carbonyl (C=O) groups excluding carboxylic acids is 2. The van der Waals surface area contributed by atoms with E-state index < -0.39 is 0 Å². The number of rotatable bonds is 4. The molecule has 0 saturated heterocycles. The van der Waals surface area contributed by atoms with Gasteiger partial charge < -0.3 is 4.74 Å². The number of thiazole rings is 1. The smallest absolute Gasteiger partial charge is 0.308 e. The van der Waals surface area contributed by atoms with Crippen LogP contribution in [0, 0.1) is 0 Å². The van der Waals surface area contributed by atoms with Crippen molar-refractivity contribution < 1.29 is 14.3 Å². The maximum Gasteiger partial charge on any atom is 0.308 e. The predicted molar refractivity (Wildman–Crippen MR) is 77.5 cm³/mol. The van der Waals surface area contributed by atoms with Crippen LogP contribution in [0.4, 0.5) is 5.13 Å². The number of ether oxygens (including phenoxy) is 1. The summed E-state index contributed by atoms with van der Waals surface area (Å²) in [7, 11) is 0. The lowest BCUT2D eigenvalue weighted by molar-refractivity contribution is -0.131. The first-order valence-corrected chi connectivity index (χ1v) is 6.68. The van der Waals surface area contributed by atoms with Crippen LogP contribution in [0.3, 0.4) is 0 Å². The molecule has 0 atom stereocenters. The number of hydrogen-bond donors (Lipinski definition) is 1. The van der Waals surface area contributed by atoms with E-state index in [4.69, 9.17) is 4.74 Å². The zero-order valence-electron chi connectivity index (χ0n) is 10.7. The molecule has 1 N–H and O–H groups in total. The summed E-state index contributed by atoms with van der Waals surface area (Å²) >= 11 is 1.35. The highest BCUT2D eigenvalue weighted by Gasteiger charge is 2.01. The second-order valence-corrected chi connectivity index (χ2v) is 4.72. The topological polar surface area (TPSA) is 68.3 Å². The number of nitrogens with one attached hydrogen (secondary N) is 1. The van der Waals surface area contributed by atoms with Gasteiger partial charge in [0, 0.05) is 24.6 Å². The lowest BCUT2D eigenvalue weighted by Gasteiger charge is -2.01. The Kier molecular flexibility index (Phi) is 4.62. The van der Waals surface area contributed by atoms with Crippen molar-refractivity contribution in [3.63, 3.8) is 0 Å². The molecule has 2 rings (SSSR count). The van der Waals surface area contributed by atoms with Crippen molar-refractivity contribution in [2.75, 3.05) is 5.32 Å². The third-order valence-corrected chi connectivity index (χ3v) is 2.90. The van der Waals surface area contributed by atoms with Crippen LogP contribution in [-0.2, 0) is 9.59 Å². The fourth-order valence-corrected chi connectivity index (χ4v) is 1.98. The summed E-state index contributed by atoms with van der Waals surface area (Å²) in [5.74, 6) is -0.203. The van der Waals surface area contributed by atoms with E-state index in [2.05, 4.69) is 10.3 Å². The minimum Gasteiger partial charge on any atom is -0.427 e. The zero-order valence-corrected chi connectivity index (χ0v) is 11.5. The molecule has 0 bridgehead atoms. The lowest BCUT2D eigenvalue weighted by atomic mass is 10.2. The molecule has 1 aromatic heterocycles. The van der Waals surface area contributed by atoms with Crippen LogP contribution < -0.4 is 10.1 Å². The van der Waals surface area contributed by atoms with Gasteiger partial charge >= 0.3 is 5.97 Å². The fourth-order valence-electron chi connectivity index (χ4n) is 1.45. The first-order chi connectivity index (χ1) is 9.63. The highest BCUT2D eigenvalue weighted by Crippen LogP contribution is 2.15. The molecule has 0 aliphatic heterocycles. The van der Waals surface area contributed by atoms with E-state index >= 15 is 0 Å². The molecule has 2 aromatic rings. The van der Waals surface area contributed by atoms with Crippen molar-refractivity contribution in [3.8, 4) is 5.75 Å². The van der Waals surface area contributed by atoms with Gasteiger partial charge in [-0.1, -0.05) is 12.1 Å². The number of carbonyl (C=O) groups is 2. The standard InChI is InChI=1S/C14H12N2O3S/c1-10(17)19-12-4-2-3-11(9-12)5-6-13(18)16-14-15-7-8-20-14/h2-9H,1H3,(H,15,16,18)/b6-5+. The number of amides is 1. The number of esters is 1. The molecule has 0 fully saturated rings. The van der Waals surface area contributed by atoms with Gasteiger partial charge in [-0.25, -0.2) is 4.98 Å². The normalized spacial score (nSPS) is 10.4. The largest absolute Gasteiger partial charge is 0.427 e. The van der Waals surface area contributed by atoms with E-state index in [0.717, 1.165) is 5.56 Å². The van der Waals surface area contributed by atoms with Gasteiger partial charge in [-0.05, 0) is 23.8 Å². The van der Waals surface area contributed by atoms with Crippen molar-refractivity contribution in [2.45, 2.75) is 6.92 Å². The molecule has 0 aliphatic carbocycles. The molecular weight excluding hydrogens is 276 g/mol. The minimum absolute atomic E-state index is 0.266. The van der Waals surface area contributed by atoms with Gasteiger partial charge in [0.15, 0.2) is 5.13 Å². The van der Waals surface area contributed by atoms with Gasteiger partial charge in [0.2, 0.25) is 5.91 Å². The Bertz CT molecular complexity index is 636. The van der Waals surface area contributed by atoms with Crippen LogP contribution >= 0.6 is 11.3 Å². The van der Waals surface area contributed by atoms with Crippen molar-refractivity contribution in [1.82, 2.24) is 4.98 Å². The van der Waals surface area contributed by atoms with Crippen LogP contribution in [0.2, 0.25) is 0 Å². The number of aromatic nitrogens is 1. The van der Waals surface area contributed by atoms with Crippen molar-refractivity contribution >= 4 is 34.4 Å². The van der Waals surface area contributed by atoms with E-state index in [0.29, 0.717) is 10.9 Å². The summed E-state index contributed by atoms with van der Waals surface area (Å²) < 4.78 is 4.97. The van der Waals surface area contributed by atoms with Crippen LogP contribution in [0.25, 0.3) is 6.08 Å². The molecule has 1 aromatic carbocycles. The van der Waals surface area contributed by atoms with E-state index in [-0.39, 0.29) is 11.9 Å². The molecule has 1 amide bonds. The second-order valence-electron chi connectivity index (χ2n) is 3.83. The number of hydrogen-bond acceptors (Lipinski definition) is 5. The third kappa shape index (κ3) is 4.33. The molecule has 102 valence electrons. The molecule has 0 spiro atoms. The van der Waals surface area contributed by atoms with Crippen LogP contribution in [-0.4, -0.2) is 16.9 Å². The van der Waals surface area contributed by atoms with Crippen LogP contribution in [0.1, 0.15) is 12.5 Å². The SMILES string of the molecule is CC(=O)Oc1cccc(/C=C/C(=O)Nc2nccs2)c1. The number of anilines is 1. The monoisotopic (exact) mass is 288 g/mol. The van der Waals surface area contributed by atoms with Gasteiger partial charge in [-0.2, -0.15) is 0 Å². The van der Waals surface area contributed by atoms with Crippen molar-refractivity contribution in [3.05, 3.63) is 47.5 Å². The number of benzene rings is 1. The molecule has 0 radical (unpaired) electrons. The quantitative estimate of drug-likeness (QED) is 0.533. The highest BCUT2D eigenvalue weighted by molar-refractivity contribution is 7.13. The maximum absolute atomic E-state index is 11.6. The van der Waals surface area contributed by atoms with E-state index in [1.54, 1.807) is 41.9 Å². The Labute approximate surface area is 119 Å². The first kappa shape index (κ1) is 14.0. The summed E-state index contributed by atoms with van der Waals surface area (Å²) in [6, 6.07) is 6.90. The minimum atomic E-state index is -0.382. The summed E-state index contributed by atoms with van der Waals surface area (Å²) in [4.78, 5) is 26.4. The van der Waals surface area contributed by atoms with Gasteiger partial charge in [-0.3, -0.25) is 14.9 Å². The summed E-state index contributed by atoms with van der Waals surface area (Å²) in [5.41, 5.74) is 0.762. The Morgan fingerprint density at radius 3 is 2.95 bits per heavy atom. The molecule has 0 unspecified atom stereocenters. The maximum atomic E-state index is 11.6.